The number of amides is 2. The third kappa shape index (κ3) is 3.40. The first-order chi connectivity index (χ1) is 17.1. The van der Waals surface area contributed by atoms with Crippen molar-refractivity contribution in [2.45, 2.75) is 31.5 Å². The summed E-state index contributed by atoms with van der Waals surface area (Å²) < 4.78 is 5.49. The molecule has 0 aliphatic carbocycles. The van der Waals surface area contributed by atoms with Crippen molar-refractivity contribution in [1.82, 2.24) is 14.8 Å². The fourth-order valence-electron chi connectivity index (χ4n) is 5.68. The van der Waals surface area contributed by atoms with E-state index in [-0.39, 0.29) is 24.4 Å². The SMILES string of the molecule is COc1cccc([C@H]2c3[nH]c4ccccc4c3C[C@H]3C(=O)N([C@@H](C)c4ccccc4)CC(=O)N23)c1. The van der Waals surface area contributed by atoms with E-state index in [2.05, 4.69) is 11.1 Å². The Bertz CT molecular complexity index is 1430. The molecule has 6 rings (SSSR count). The maximum atomic E-state index is 14.0. The summed E-state index contributed by atoms with van der Waals surface area (Å²) in [7, 11) is 1.63. The van der Waals surface area contributed by atoms with Crippen LogP contribution in [-0.4, -0.2) is 46.3 Å². The summed E-state index contributed by atoms with van der Waals surface area (Å²) in [5, 5.41) is 1.10. The van der Waals surface area contributed by atoms with Gasteiger partial charge in [-0.1, -0.05) is 60.7 Å². The van der Waals surface area contributed by atoms with Gasteiger partial charge in [0.2, 0.25) is 11.8 Å². The lowest BCUT2D eigenvalue weighted by molar-refractivity contribution is -0.160. The Morgan fingerprint density at radius 1 is 0.971 bits per heavy atom. The number of piperazine rings is 1. The molecule has 4 aromatic rings. The molecule has 1 aromatic heterocycles. The summed E-state index contributed by atoms with van der Waals surface area (Å²) in [6, 6.07) is 24.7. The van der Waals surface area contributed by atoms with Gasteiger partial charge < -0.3 is 19.5 Å². The van der Waals surface area contributed by atoms with E-state index in [0.717, 1.165) is 39.0 Å². The van der Waals surface area contributed by atoms with E-state index < -0.39 is 12.1 Å². The van der Waals surface area contributed by atoms with E-state index in [0.29, 0.717) is 6.42 Å². The number of methoxy groups -OCH3 is 1. The highest BCUT2D eigenvalue weighted by Gasteiger charge is 2.49. The molecule has 0 unspecified atom stereocenters. The largest absolute Gasteiger partial charge is 0.497 e. The van der Waals surface area contributed by atoms with E-state index in [1.807, 2.05) is 79.7 Å². The third-order valence-corrected chi connectivity index (χ3v) is 7.45. The minimum absolute atomic E-state index is 0.00946. The Labute approximate surface area is 204 Å². The molecule has 1 fully saturated rings. The van der Waals surface area contributed by atoms with Crippen LogP contribution in [0.25, 0.3) is 10.9 Å². The van der Waals surface area contributed by atoms with E-state index >= 15 is 0 Å². The highest BCUT2D eigenvalue weighted by atomic mass is 16.5. The predicted molar refractivity (Wildman–Crippen MR) is 134 cm³/mol. The maximum absolute atomic E-state index is 14.0. The Morgan fingerprint density at radius 2 is 1.74 bits per heavy atom. The van der Waals surface area contributed by atoms with Crippen molar-refractivity contribution in [2.75, 3.05) is 13.7 Å². The number of para-hydroxylation sites is 1. The molecular weight excluding hydrogens is 438 g/mol. The first-order valence-electron chi connectivity index (χ1n) is 12.0. The van der Waals surface area contributed by atoms with Crippen molar-refractivity contribution >= 4 is 22.7 Å². The standard InChI is InChI=1S/C29H27N3O3/c1-18(19-9-4-3-5-10-19)31-17-26(33)32-25(29(31)34)16-23-22-13-6-7-14-24(22)30-27(23)28(32)20-11-8-12-21(15-20)35-2/h3-15,18,25,28,30H,16-17H2,1-2H3/t18-,25-,28-/m0/s1. The number of nitrogens with zero attached hydrogens (tertiary/aromatic N) is 2. The van der Waals surface area contributed by atoms with Crippen LogP contribution < -0.4 is 4.74 Å². The number of hydrogen-bond donors (Lipinski definition) is 1. The minimum atomic E-state index is -0.565. The Hall–Kier alpha value is -4.06. The molecule has 2 amide bonds. The molecule has 2 aliphatic heterocycles. The van der Waals surface area contributed by atoms with Crippen LogP contribution in [0.2, 0.25) is 0 Å². The van der Waals surface area contributed by atoms with Gasteiger partial charge in [0.25, 0.3) is 0 Å². The predicted octanol–water partition coefficient (Wildman–Crippen LogP) is 4.62. The smallest absolute Gasteiger partial charge is 0.246 e. The van der Waals surface area contributed by atoms with Crippen LogP contribution in [0.5, 0.6) is 5.75 Å². The first kappa shape index (κ1) is 21.5. The zero-order chi connectivity index (χ0) is 24.1. The van der Waals surface area contributed by atoms with Crippen molar-refractivity contribution in [1.29, 1.82) is 0 Å². The van der Waals surface area contributed by atoms with Gasteiger partial charge >= 0.3 is 0 Å². The lowest BCUT2D eigenvalue weighted by Gasteiger charge is -2.48. The fraction of sp³-hybridized carbons (Fsp3) is 0.241. The van der Waals surface area contributed by atoms with Crippen LogP contribution in [0.1, 0.15) is 41.4 Å². The average Bonchev–Trinajstić information content (AvgIpc) is 3.28. The van der Waals surface area contributed by atoms with Gasteiger partial charge in [-0.3, -0.25) is 9.59 Å². The lowest BCUT2D eigenvalue weighted by atomic mass is 9.85. The molecule has 176 valence electrons. The molecular formula is C29H27N3O3. The number of rotatable bonds is 4. The number of ether oxygens (including phenoxy) is 1. The van der Waals surface area contributed by atoms with Gasteiger partial charge in [-0.05, 0) is 41.8 Å². The zero-order valence-corrected chi connectivity index (χ0v) is 19.8. The number of aromatic nitrogens is 1. The fourth-order valence-corrected chi connectivity index (χ4v) is 5.68. The molecule has 3 atom stereocenters. The molecule has 0 saturated carbocycles. The van der Waals surface area contributed by atoms with Crippen LogP contribution in [0, 0.1) is 0 Å². The van der Waals surface area contributed by atoms with Gasteiger partial charge in [0.05, 0.1) is 19.2 Å². The zero-order valence-electron chi connectivity index (χ0n) is 19.8. The molecule has 6 heteroatoms. The summed E-state index contributed by atoms with van der Waals surface area (Å²) in [6.45, 7) is 2.05. The van der Waals surface area contributed by atoms with E-state index in [1.54, 1.807) is 16.9 Å². The number of benzene rings is 3. The molecule has 6 nitrogen and oxygen atoms in total. The summed E-state index contributed by atoms with van der Waals surface area (Å²) in [4.78, 5) is 34.9. The normalized spacial score (nSPS) is 20.5. The summed E-state index contributed by atoms with van der Waals surface area (Å²) in [5.74, 6) is 0.664. The van der Waals surface area contributed by atoms with Crippen LogP contribution in [0.3, 0.4) is 0 Å². The lowest BCUT2D eigenvalue weighted by Crippen LogP contribution is -2.63. The summed E-state index contributed by atoms with van der Waals surface area (Å²) in [5.41, 5.74) is 5.04. The average molecular weight is 466 g/mol. The first-order valence-corrected chi connectivity index (χ1v) is 12.0. The number of hydrogen-bond acceptors (Lipinski definition) is 3. The Morgan fingerprint density at radius 3 is 2.54 bits per heavy atom. The second-order valence-corrected chi connectivity index (χ2v) is 9.32. The second kappa shape index (κ2) is 8.31. The van der Waals surface area contributed by atoms with Gasteiger partial charge in [0.1, 0.15) is 18.3 Å². The Balaban J connectivity index is 1.48. The van der Waals surface area contributed by atoms with Crippen molar-refractivity contribution < 1.29 is 14.3 Å². The van der Waals surface area contributed by atoms with Gasteiger partial charge in [-0.2, -0.15) is 0 Å². The summed E-state index contributed by atoms with van der Waals surface area (Å²) in [6.07, 6.45) is 0.488. The molecule has 35 heavy (non-hydrogen) atoms. The van der Waals surface area contributed by atoms with Crippen LogP contribution in [-0.2, 0) is 16.0 Å². The maximum Gasteiger partial charge on any atom is 0.246 e. The summed E-state index contributed by atoms with van der Waals surface area (Å²) >= 11 is 0. The molecule has 3 aromatic carbocycles. The van der Waals surface area contributed by atoms with Gasteiger partial charge in [-0.15, -0.1) is 0 Å². The number of nitrogens with one attached hydrogen (secondary N) is 1. The number of carbonyl (C=O) groups excluding carboxylic acids is 2. The van der Waals surface area contributed by atoms with Gasteiger partial charge in [0, 0.05) is 23.0 Å². The number of H-pyrrole nitrogens is 1. The molecule has 0 bridgehead atoms. The Kier molecular flexibility index (Phi) is 5.10. The number of aromatic amines is 1. The molecule has 1 N–H and O–H groups in total. The van der Waals surface area contributed by atoms with Crippen molar-refractivity contribution in [3.8, 4) is 5.75 Å². The molecule has 3 heterocycles. The minimum Gasteiger partial charge on any atom is -0.497 e. The van der Waals surface area contributed by atoms with E-state index in [4.69, 9.17) is 4.74 Å². The third-order valence-electron chi connectivity index (χ3n) is 7.45. The van der Waals surface area contributed by atoms with Crippen LogP contribution in [0.4, 0.5) is 0 Å². The highest BCUT2D eigenvalue weighted by molar-refractivity contribution is 5.98. The van der Waals surface area contributed by atoms with Crippen molar-refractivity contribution in [3.63, 3.8) is 0 Å². The van der Waals surface area contributed by atoms with Crippen molar-refractivity contribution in [3.05, 3.63) is 101 Å². The quantitative estimate of drug-likeness (QED) is 0.478. The van der Waals surface area contributed by atoms with Crippen molar-refractivity contribution in [2.24, 2.45) is 0 Å². The van der Waals surface area contributed by atoms with E-state index in [1.165, 1.54) is 0 Å². The number of fused-ring (bicyclic) bond motifs is 4. The monoisotopic (exact) mass is 465 g/mol. The van der Waals surface area contributed by atoms with Gasteiger partial charge in [-0.25, -0.2) is 0 Å². The van der Waals surface area contributed by atoms with Gasteiger partial charge in [0.15, 0.2) is 0 Å². The number of carbonyl (C=O) groups is 2. The highest BCUT2D eigenvalue weighted by Crippen LogP contribution is 2.43. The molecule has 2 aliphatic rings. The second-order valence-electron chi connectivity index (χ2n) is 9.32. The molecule has 0 radical (unpaired) electrons. The van der Waals surface area contributed by atoms with Crippen LogP contribution in [0.15, 0.2) is 78.9 Å². The van der Waals surface area contributed by atoms with Crippen LogP contribution >= 0.6 is 0 Å². The van der Waals surface area contributed by atoms with E-state index in [9.17, 15) is 9.59 Å². The molecule has 1 saturated heterocycles. The molecule has 0 spiro atoms. The topological polar surface area (TPSA) is 65.6 Å².